The lowest BCUT2D eigenvalue weighted by atomic mass is 10.1. The fourth-order valence-corrected chi connectivity index (χ4v) is 0.986. The van der Waals surface area contributed by atoms with Gasteiger partial charge in [0.05, 0.1) is 16.6 Å². The molecule has 13 heavy (non-hydrogen) atoms. The minimum Gasteiger partial charge on any atom is -0.312 e. The molecule has 0 spiro atoms. The average molecular weight is 177 g/mol. The van der Waals surface area contributed by atoms with Gasteiger partial charge in [0.15, 0.2) is 0 Å². The molecular formula is C8H7N3O2. The average Bonchev–Trinajstić information content (AvgIpc) is 2.16. The van der Waals surface area contributed by atoms with Gasteiger partial charge in [-0.2, -0.15) is 5.26 Å². The highest BCUT2D eigenvalue weighted by atomic mass is 16.6. The van der Waals surface area contributed by atoms with Crippen molar-refractivity contribution in [3.8, 4) is 6.07 Å². The van der Waals surface area contributed by atoms with Crippen molar-refractivity contribution in [2.45, 2.75) is 6.04 Å². The maximum absolute atomic E-state index is 10.5. The Labute approximate surface area is 74.5 Å². The summed E-state index contributed by atoms with van der Waals surface area (Å²) < 4.78 is 0. The number of nitriles is 1. The molecule has 66 valence electrons. The van der Waals surface area contributed by atoms with Gasteiger partial charge in [-0.3, -0.25) is 10.1 Å². The molecule has 0 aliphatic heterocycles. The van der Waals surface area contributed by atoms with Crippen LogP contribution in [0.1, 0.15) is 11.6 Å². The molecule has 0 radical (unpaired) electrons. The number of hydrogen-bond acceptors (Lipinski definition) is 4. The molecule has 0 aromatic heterocycles. The van der Waals surface area contributed by atoms with E-state index in [9.17, 15) is 10.1 Å². The molecule has 0 aliphatic carbocycles. The van der Waals surface area contributed by atoms with Gasteiger partial charge in [-0.05, 0) is 6.07 Å². The van der Waals surface area contributed by atoms with Crippen LogP contribution in [-0.4, -0.2) is 4.92 Å². The SMILES string of the molecule is N#C[C@@H](N)c1ccccc1[N+](=O)[O-]. The summed E-state index contributed by atoms with van der Waals surface area (Å²) in [7, 11) is 0. The Kier molecular flexibility index (Phi) is 2.57. The lowest BCUT2D eigenvalue weighted by Gasteiger charge is -2.02. The Morgan fingerprint density at radius 3 is 2.69 bits per heavy atom. The van der Waals surface area contributed by atoms with Crippen LogP contribution in [0.4, 0.5) is 5.69 Å². The highest BCUT2D eigenvalue weighted by molar-refractivity contribution is 5.43. The van der Waals surface area contributed by atoms with Crippen LogP contribution in [-0.2, 0) is 0 Å². The number of nitro groups is 1. The molecule has 5 heteroatoms. The topological polar surface area (TPSA) is 93.0 Å². The molecule has 1 aromatic carbocycles. The van der Waals surface area contributed by atoms with Crippen molar-refractivity contribution in [2.75, 3.05) is 0 Å². The van der Waals surface area contributed by atoms with Gasteiger partial charge >= 0.3 is 0 Å². The van der Waals surface area contributed by atoms with Crippen LogP contribution in [0.15, 0.2) is 24.3 Å². The number of benzene rings is 1. The van der Waals surface area contributed by atoms with E-state index < -0.39 is 11.0 Å². The summed E-state index contributed by atoms with van der Waals surface area (Å²) in [6, 6.07) is 6.76. The first kappa shape index (κ1) is 9.16. The van der Waals surface area contributed by atoms with Gasteiger partial charge in [-0.25, -0.2) is 0 Å². The fourth-order valence-electron chi connectivity index (χ4n) is 0.986. The first-order valence-corrected chi connectivity index (χ1v) is 3.55. The van der Waals surface area contributed by atoms with Crippen molar-refractivity contribution in [1.29, 1.82) is 5.26 Å². The summed E-state index contributed by atoms with van der Waals surface area (Å²) in [6.45, 7) is 0. The largest absolute Gasteiger partial charge is 0.312 e. The Morgan fingerprint density at radius 2 is 2.15 bits per heavy atom. The van der Waals surface area contributed by atoms with Crippen molar-refractivity contribution in [3.05, 3.63) is 39.9 Å². The predicted molar refractivity (Wildman–Crippen MR) is 45.6 cm³/mol. The Balaban J connectivity index is 3.21. The standard InChI is InChI=1S/C8H7N3O2/c9-5-7(10)6-3-1-2-4-8(6)11(12)13/h1-4,7H,10H2/t7-/m1/s1. The molecule has 2 N–H and O–H groups in total. The zero-order valence-electron chi connectivity index (χ0n) is 6.68. The number of para-hydroxylation sites is 1. The summed E-state index contributed by atoms with van der Waals surface area (Å²) in [6.07, 6.45) is 0. The maximum Gasteiger partial charge on any atom is 0.275 e. The fraction of sp³-hybridized carbons (Fsp3) is 0.125. The van der Waals surface area contributed by atoms with Gasteiger partial charge < -0.3 is 5.73 Å². The highest BCUT2D eigenvalue weighted by Crippen LogP contribution is 2.22. The molecule has 0 saturated heterocycles. The number of nitrogens with zero attached hydrogens (tertiary/aromatic N) is 2. The second-order valence-electron chi connectivity index (χ2n) is 2.42. The number of hydrogen-bond donors (Lipinski definition) is 1. The van der Waals surface area contributed by atoms with Gasteiger partial charge in [0.1, 0.15) is 6.04 Å². The third-order valence-electron chi connectivity index (χ3n) is 1.61. The lowest BCUT2D eigenvalue weighted by molar-refractivity contribution is -0.385. The van der Waals surface area contributed by atoms with E-state index in [0.717, 1.165) is 0 Å². The van der Waals surface area contributed by atoms with E-state index in [1.165, 1.54) is 18.2 Å². The molecule has 0 unspecified atom stereocenters. The van der Waals surface area contributed by atoms with Crippen LogP contribution in [0.2, 0.25) is 0 Å². The molecular weight excluding hydrogens is 170 g/mol. The van der Waals surface area contributed by atoms with Crippen molar-refractivity contribution in [1.82, 2.24) is 0 Å². The Hall–Kier alpha value is -1.93. The normalized spacial score (nSPS) is 11.7. The first-order valence-electron chi connectivity index (χ1n) is 3.55. The van der Waals surface area contributed by atoms with Crippen molar-refractivity contribution < 1.29 is 4.92 Å². The minimum absolute atomic E-state index is 0.114. The molecule has 1 atom stereocenters. The summed E-state index contributed by atoms with van der Waals surface area (Å²) >= 11 is 0. The molecule has 5 nitrogen and oxygen atoms in total. The third-order valence-corrected chi connectivity index (χ3v) is 1.61. The van der Waals surface area contributed by atoms with Gasteiger partial charge in [0.2, 0.25) is 0 Å². The summed E-state index contributed by atoms with van der Waals surface area (Å²) in [5.74, 6) is 0. The highest BCUT2D eigenvalue weighted by Gasteiger charge is 2.17. The first-order chi connectivity index (χ1) is 6.16. The molecule has 0 heterocycles. The molecule has 0 aliphatic rings. The zero-order chi connectivity index (χ0) is 9.84. The van der Waals surface area contributed by atoms with Crippen LogP contribution < -0.4 is 5.73 Å². The molecule has 0 saturated carbocycles. The van der Waals surface area contributed by atoms with Crippen LogP contribution in [0.25, 0.3) is 0 Å². The minimum atomic E-state index is -0.943. The van der Waals surface area contributed by atoms with E-state index in [4.69, 9.17) is 11.0 Å². The van der Waals surface area contributed by atoms with Crippen molar-refractivity contribution in [3.63, 3.8) is 0 Å². The molecule has 1 rings (SSSR count). The van der Waals surface area contributed by atoms with E-state index in [0.29, 0.717) is 0 Å². The zero-order valence-corrected chi connectivity index (χ0v) is 6.68. The molecule has 0 bridgehead atoms. The quantitative estimate of drug-likeness (QED) is 0.541. The van der Waals surface area contributed by atoms with Crippen molar-refractivity contribution in [2.24, 2.45) is 5.73 Å². The summed E-state index contributed by atoms with van der Waals surface area (Å²) in [4.78, 5) is 9.93. The van der Waals surface area contributed by atoms with Gasteiger partial charge in [0.25, 0.3) is 5.69 Å². The van der Waals surface area contributed by atoms with Crippen LogP contribution in [0, 0.1) is 21.4 Å². The van der Waals surface area contributed by atoms with E-state index in [2.05, 4.69) is 0 Å². The second kappa shape index (κ2) is 3.65. The van der Waals surface area contributed by atoms with Gasteiger partial charge in [0, 0.05) is 6.07 Å². The number of nitrogens with two attached hydrogens (primary N) is 1. The van der Waals surface area contributed by atoms with E-state index in [1.54, 1.807) is 12.1 Å². The van der Waals surface area contributed by atoms with E-state index in [-0.39, 0.29) is 11.3 Å². The van der Waals surface area contributed by atoms with Crippen LogP contribution >= 0.6 is 0 Å². The third kappa shape index (κ3) is 1.80. The smallest absolute Gasteiger partial charge is 0.275 e. The second-order valence-corrected chi connectivity index (χ2v) is 2.42. The van der Waals surface area contributed by atoms with Crippen molar-refractivity contribution >= 4 is 5.69 Å². The van der Waals surface area contributed by atoms with Crippen LogP contribution in [0.3, 0.4) is 0 Å². The van der Waals surface area contributed by atoms with Gasteiger partial charge in [-0.15, -0.1) is 0 Å². The molecule has 0 fully saturated rings. The summed E-state index contributed by atoms with van der Waals surface area (Å²) in [5.41, 5.74) is 5.50. The lowest BCUT2D eigenvalue weighted by Crippen LogP contribution is -2.09. The molecule has 1 aromatic rings. The molecule has 0 amide bonds. The Morgan fingerprint density at radius 1 is 1.54 bits per heavy atom. The van der Waals surface area contributed by atoms with E-state index >= 15 is 0 Å². The van der Waals surface area contributed by atoms with Gasteiger partial charge in [-0.1, -0.05) is 12.1 Å². The van der Waals surface area contributed by atoms with Crippen LogP contribution in [0.5, 0.6) is 0 Å². The van der Waals surface area contributed by atoms with E-state index in [1.807, 2.05) is 0 Å². The number of rotatable bonds is 2. The number of nitro benzene ring substituents is 1. The monoisotopic (exact) mass is 177 g/mol. The Bertz CT molecular complexity index is 370. The summed E-state index contributed by atoms with van der Waals surface area (Å²) in [5, 5.41) is 19.0. The maximum atomic E-state index is 10.5. The predicted octanol–water partition coefficient (Wildman–Crippen LogP) is 1.12.